The number of Topliss-reactive ketones (excluding diaryl/α,β-unsaturated/α-hetero) is 1. The number of hydrogen-bond acceptors (Lipinski definition) is 6. The van der Waals surface area contributed by atoms with E-state index in [0.29, 0.717) is 67.4 Å². The van der Waals surface area contributed by atoms with Gasteiger partial charge in [-0.1, -0.05) is 11.6 Å². The molecule has 2 amide bonds. The number of hydrogen-bond donors (Lipinski definition) is 0. The van der Waals surface area contributed by atoms with E-state index in [9.17, 15) is 14.4 Å². The largest absolute Gasteiger partial charge is 0.486 e. The number of rotatable bonds is 2. The Labute approximate surface area is 197 Å². The van der Waals surface area contributed by atoms with Gasteiger partial charge in [-0.05, 0) is 31.2 Å². The van der Waals surface area contributed by atoms with Gasteiger partial charge in [-0.3, -0.25) is 14.4 Å². The molecule has 2 saturated heterocycles. The Balaban J connectivity index is 1.11. The molecule has 8 heteroatoms. The first-order valence-corrected chi connectivity index (χ1v) is 11.7. The lowest BCUT2D eigenvalue weighted by molar-refractivity contribution is -0.139. The maximum Gasteiger partial charge on any atom is 0.231 e. The number of benzene rings is 2. The summed E-state index contributed by atoms with van der Waals surface area (Å²) in [5, 5.41) is 0. The van der Waals surface area contributed by atoms with Gasteiger partial charge in [0.2, 0.25) is 18.6 Å². The standard InChI is InChI=1S/C26H26N2O6/c1-16-2-4-21-19(10-16)20(29)13-26(34-21)6-8-27(9-7-26)25(31)17-11-24(30)28(14-17)18-3-5-22-23(12-18)33-15-32-22/h2-5,10,12,17H,6-9,11,13-15H2,1H3. The van der Waals surface area contributed by atoms with Crippen molar-refractivity contribution in [3.63, 3.8) is 0 Å². The highest BCUT2D eigenvalue weighted by atomic mass is 16.7. The predicted octanol–water partition coefficient (Wildman–Crippen LogP) is 3.10. The van der Waals surface area contributed by atoms with Gasteiger partial charge in [-0.2, -0.15) is 0 Å². The van der Waals surface area contributed by atoms with Gasteiger partial charge >= 0.3 is 0 Å². The van der Waals surface area contributed by atoms with Gasteiger partial charge in [0.05, 0.1) is 17.9 Å². The van der Waals surface area contributed by atoms with Crippen molar-refractivity contribution in [2.24, 2.45) is 5.92 Å². The number of nitrogens with zero attached hydrogens (tertiary/aromatic N) is 2. The van der Waals surface area contributed by atoms with Gasteiger partial charge in [0, 0.05) is 50.7 Å². The molecular formula is C26H26N2O6. The van der Waals surface area contributed by atoms with Crippen molar-refractivity contribution < 1.29 is 28.6 Å². The molecule has 6 rings (SSSR count). The van der Waals surface area contributed by atoms with Crippen molar-refractivity contribution in [1.82, 2.24) is 4.90 Å². The fourth-order valence-corrected chi connectivity index (χ4v) is 5.46. The molecule has 34 heavy (non-hydrogen) atoms. The number of aryl methyl sites for hydroxylation is 1. The summed E-state index contributed by atoms with van der Waals surface area (Å²) in [6.45, 7) is 3.51. The van der Waals surface area contributed by atoms with Crippen LogP contribution < -0.4 is 19.1 Å². The monoisotopic (exact) mass is 462 g/mol. The van der Waals surface area contributed by atoms with E-state index in [1.54, 1.807) is 17.0 Å². The Morgan fingerprint density at radius 1 is 1.00 bits per heavy atom. The number of amides is 2. The third-order valence-corrected chi connectivity index (χ3v) is 7.37. The fourth-order valence-electron chi connectivity index (χ4n) is 5.46. The average molecular weight is 463 g/mol. The quantitative estimate of drug-likeness (QED) is 0.682. The summed E-state index contributed by atoms with van der Waals surface area (Å²) >= 11 is 0. The molecule has 8 nitrogen and oxygen atoms in total. The van der Waals surface area contributed by atoms with Crippen LogP contribution >= 0.6 is 0 Å². The van der Waals surface area contributed by atoms with E-state index in [2.05, 4.69) is 0 Å². The fraction of sp³-hybridized carbons (Fsp3) is 0.423. The molecular weight excluding hydrogens is 436 g/mol. The van der Waals surface area contributed by atoms with E-state index in [4.69, 9.17) is 14.2 Å². The number of carbonyl (C=O) groups is 3. The maximum atomic E-state index is 13.3. The molecule has 0 saturated carbocycles. The molecule has 0 radical (unpaired) electrons. The third kappa shape index (κ3) is 3.48. The molecule has 4 aliphatic rings. The minimum Gasteiger partial charge on any atom is -0.486 e. The smallest absolute Gasteiger partial charge is 0.231 e. The maximum absolute atomic E-state index is 13.3. The van der Waals surface area contributed by atoms with Crippen LogP contribution in [0.5, 0.6) is 17.2 Å². The van der Waals surface area contributed by atoms with Gasteiger partial charge in [0.25, 0.3) is 0 Å². The Bertz CT molecular complexity index is 1200. The molecule has 0 bridgehead atoms. The predicted molar refractivity (Wildman–Crippen MR) is 122 cm³/mol. The highest BCUT2D eigenvalue weighted by Gasteiger charge is 2.45. The molecule has 2 aromatic rings. The number of ketones is 1. The van der Waals surface area contributed by atoms with E-state index < -0.39 is 5.60 Å². The zero-order valence-corrected chi connectivity index (χ0v) is 19.0. The van der Waals surface area contributed by atoms with Crippen LogP contribution in [0.25, 0.3) is 0 Å². The van der Waals surface area contributed by atoms with Gasteiger partial charge in [0.1, 0.15) is 11.4 Å². The Kier molecular flexibility index (Phi) is 4.79. The van der Waals surface area contributed by atoms with Crippen LogP contribution in [0.1, 0.15) is 41.6 Å². The number of ether oxygens (including phenoxy) is 3. The van der Waals surface area contributed by atoms with Crippen molar-refractivity contribution in [3.8, 4) is 17.2 Å². The number of fused-ring (bicyclic) bond motifs is 2. The number of piperidine rings is 1. The molecule has 0 aromatic heterocycles. The van der Waals surface area contributed by atoms with E-state index in [1.807, 2.05) is 36.1 Å². The summed E-state index contributed by atoms with van der Waals surface area (Å²) in [6.07, 6.45) is 1.73. The van der Waals surface area contributed by atoms with Gasteiger partial charge in [-0.25, -0.2) is 0 Å². The van der Waals surface area contributed by atoms with Crippen LogP contribution in [0, 0.1) is 12.8 Å². The lowest BCUT2D eigenvalue weighted by atomic mass is 9.82. The van der Waals surface area contributed by atoms with Crippen molar-refractivity contribution in [1.29, 1.82) is 0 Å². The molecule has 4 heterocycles. The lowest BCUT2D eigenvalue weighted by Crippen LogP contribution is -2.53. The van der Waals surface area contributed by atoms with Gasteiger partial charge in [0.15, 0.2) is 17.3 Å². The second-order valence-electron chi connectivity index (χ2n) is 9.65. The first-order valence-electron chi connectivity index (χ1n) is 11.7. The molecule has 2 fully saturated rings. The zero-order chi connectivity index (χ0) is 23.4. The summed E-state index contributed by atoms with van der Waals surface area (Å²) < 4.78 is 17.1. The second-order valence-corrected chi connectivity index (χ2v) is 9.65. The minimum atomic E-state index is -0.555. The van der Waals surface area contributed by atoms with E-state index in [-0.39, 0.29) is 36.7 Å². The van der Waals surface area contributed by atoms with Crippen LogP contribution in [0.4, 0.5) is 5.69 Å². The van der Waals surface area contributed by atoms with Crippen molar-refractivity contribution in [3.05, 3.63) is 47.5 Å². The zero-order valence-electron chi connectivity index (χ0n) is 19.0. The second kappa shape index (κ2) is 7.75. The first-order chi connectivity index (χ1) is 16.4. The van der Waals surface area contributed by atoms with Crippen molar-refractivity contribution >= 4 is 23.3 Å². The molecule has 0 aliphatic carbocycles. The summed E-state index contributed by atoms with van der Waals surface area (Å²) in [5.41, 5.74) is 1.84. The third-order valence-electron chi connectivity index (χ3n) is 7.37. The highest BCUT2D eigenvalue weighted by molar-refractivity contribution is 6.01. The van der Waals surface area contributed by atoms with E-state index in [0.717, 1.165) is 5.56 Å². The number of carbonyl (C=O) groups excluding carboxylic acids is 3. The van der Waals surface area contributed by atoms with Crippen LogP contribution in [-0.4, -0.2) is 54.5 Å². The molecule has 4 aliphatic heterocycles. The van der Waals surface area contributed by atoms with Crippen LogP contribution in [0.3, 0.4) is 0 Å². The average Bonchev–Trinajstić information content (AvgIpc) is 3.45. The molecule has 2 aromatic carbocycles. The van der Waals surface area contributed by atoms with E-state index >= 15 is 0 Å². The van der Waals surface area contributed by atoms with Crippen LogP contribution in [-0.2, 0) is 9.59 Å². The highest BCUT2D eigenvalue weighted by Crippen LogP contribution is 2.41. The van der Waals surface area contributed by atoms with Crippen LogP contribution in [0.15, 0.2) is 36.4 Å². The summed E-state index contributed by atoms with van der Waals surface area (Å²) in [7, 11) is 0. The summed E-state index contributed by atoms with van der Waals surface area (Å²) in [4.78, 5) is 42.3. The van der Waals surface area contributed by atoms with E-state index in [1.165, 1.54) is 0 Å². The van der Waals surface area contributed by atoms with Crippen molar-refractivity contribution in [2.45, 2.75) is 38.2 Å². The van der Waals surface area contributed by atoms with Gasteiger partial charge in [-0.15, -0.1) is 0 Å². The van der Waals surface area contributed by atoms with Gasteiger partial charge < -0.3 is 24.0 Å². The van der Waals surface area contributed by atoms with Crippen LogP contribution in [0.2, 0.25) is 0 Å². The molecule has 1 atom stereocenters. The summed E-state index contributed by atoms with van der Waals surface area (Å²) in [6, 6.07) is 11.1. The SMILES string of the molecule is Cc1ccc2c(c1)C(=O)CC1(CCN(C(=O)C3CC(=O)N(c4ccc5c(c4)OCO5)C3)CC1)O2. The Hall–Kier alpha value is -3.55. The molecule has 176 valence electrons. The molecule has 1 unspecified atom stereocenters. The number of anilines is 1. The number of likely N-dealkylation sites (tertiary alicyclic amines) is 1. The first kappa shape index (κ1) is 21.0. The Morgan fingerprint density at radius 2 is 1.76 bits per heavy atom. The molecule has 1 spiro atoms. The minimum absolute atomic E-state index is 0.00963. The summed E-state index contributed by atoms with van der Waals surface area (Å²) in [5.74, 6) is 1.55. The topological polar surface area (TPSA) is 85.4 Å². The Morgan fingerprint density at radius 3 is 2.59 bits per heavy atom. The lowest BCUT2D eigenvalue weighted by Gasteiger charge is -2.44. The molecule has 0 N–H and O–H groups in total. The normalized spacial score (nSPS) is 22.7. The van der Waals surface area contributed by atoms with Crippen molar-refractivity contribution in [2.75, 3.05) is 31.3 Å².